The topological polar surface area (TPSA) is 63.4 Å². The van der Waals surface area contributed by atoms with Gasteiger partial charge in [0.1, 0.15) is 11.5 Å². The van der Waals surface area contributed by atoms with Crippen molar-refractivity contribution in [2.24, 2.45) is 0 Å². The van der Waals surface area contributed by atoms with E-state index in [4.69, 9.17) is 4.42 Å². The lowest BCUT2D eigenvalue weighted by Gasteiger charge is -2.12. The van der Waals surface area contributed by atoms with Gasteiger partial charge in [0.2, 0.25) is 5.91 Å². The van der Waals surface area contributed by atoms with Gasteiger partial charge < -0.3 is 9.32 Å². The maximum Gasteiger partial charge on any atom is 0.219 e. The zero-order valence-corrected chi connectivity index (χ0v) is 9.90. The molecule has 1 amide bonds. The molecule has 1 heterocycles. The fourth-order valence-electron chi connectivity index (χ4n) is 1.59. The lowest BCUT2D eigenvalue weighted by atomic mass is 10.1. The Kier molecular flexibility index (Phi) is 3.08. The van der Waals surface area contributed by atoms with Crippen LogP contribution in [-0.4, -0.2) is 35.2 Å². The maximum absolute atomic E-state index is 11.2. The lowest BCUT2D eigenvalue weighted by molar-refractivity contribution is -0.127. The number of fused-ring (bicyclic) bond motifs is 1. The van der Waals surface area contributed by atoms with Crippen LogP contribution < -0.4 is 0 Å². The molecule has 0 bridgehead atoms. The van der Waals surface area contributed by atoms with Crippen LogP contribution in [0.3, 0.4) is 0 Å². The molecule has 0 aromatic carbocycles. The van der Waals surface area contributed by atoms with Crippen LogP contribution >= 0.6 is 0 Å². The number of oxazole rings is 1. The van der Waals surface area contributed by atoms with Crippen LogP contribution in [0.25, 0.3) is 6.08 Å². The summed E-state index contributed by atoms with van der Waals surface area (Å²) in [5.41, 5.74) is 0.727. The monoisotopic (exact) mass is 234 g/mol. The number of hydrogen-bond acceptors (Lipinski definition) is 4. The first-order valence-electron chi connectivity index (χ1n) is 5.47. The number of nitrogens with zero attached hydrogens (tertiary/aromatic N) is 2. The van der Waals surface area contributed by atoms with E-state index in [2.05, 4.69) is 4.98 Å². The third kappa shape index (κ3) is 2.61. The van der Waals surface area contributed by atoms with Crippen LogP contribution in [0.15, 0.2) is 10.5 Å². The number of allylic oxidation sites excluding steroid dienone is 1. The Morgan fingerprint density at radius 1 is 1.53 bits per heavy atom. The minimum absolute atomic E-state index is 0.0105. The predicted molar refractivity (Wildman–Crippen MR) is 61.3 cm³/mol. The standard InChI is InChI=1S/C12H14N2O3/c1-8(15)14(2)6-5-12-13-10-4-3-9(16)7-11(10)17-12/h3-4H,5-7H2,1-2H3. The first kappa shape index (κ1) is 11.6. The Morgan fingerprint density at radius 3 is 3.00 bits per heavy atom. The molecule has 0 radical (unpaired) electrons. The Morgan fingerprint density at radius 2 is 2.29 bits per heavy atom. The summed E-state index contributed by atoms with van der Waals surface area (Å²) < 4.78 is 5.49. The van der Waals surface area contributed by atoms with Gasteiger partial charge in [0.05, 0.1) is 6.42 Å². The number of ketones is 1. The minimum Gasteiger partial charge on any atom is -0.445 e. The molecule has 0 spiro atoms. The minimum atomic E-state index is 0.0105. The first-order chi connectivity index (χ1) is 8.06. The maximum atomic E-state index is 11.2. The molecule has 2 rings (SSSR count). The number of carbonyl (C=O) groups is 2. The van der Waals surface area contributed by atoms with E-state index in [1.165, 1.54) is 13.0 Å². The highest BCUT2D eigenvalue weighted by molar-refractivity contribution is 5.97. The van der Waals surface area contributed by atoms with Crippen molar-refractivity contribution in [2.75, 3.05) is 13.6 Å². The third-order valence-electron chi connectivity index (χ3n) is 2.73. The summed E-state index contributed by atoms with van der Waals surface area (Å²) in [6.07, 6.45) is 4.02. The molecule has 0 fully saturated rings. The fraction of sp³-hybridized carbons (Fsp3) is 0.417. The zero-order chi connectivity index (χ0) is 12.4. The van der Waals surface area contributed by atoms with Gasteiger partial charge in [-0.2, -0.15) is 0 Å². The number of amides is 1. The van der Waals surface area contributed by atoms with Crippen LogP contribution in [0.2, 0.25) is 0 Å². The molecule has 0 N–H and O–H groups in total. The van der Waals surface area contributed by atoms with E-state index in [1.54, 1.807) is 18.0 Å². The Bertz CT molecular complexity index is 488. The van der Waals surface area contributed by atoms with Gasteiger partial charge in [0, 0.05) is 26.9 Å². The summed E-state index contributed by atoms with van der Waals surface area (Å²) >= 11 is 0. The third-order valence-corrected chi connectivity index (χ3v) is 2.73. The van der Waals surface area contributed by atoms with E-state index in [-0.39, 0.29) is 18.1 Å². The second kappa shape index (κ2) is 4.53. The van der Waals surface area contributed by atoms with Crippen molar-refractivity contribution in [1.82, 2.24) is 9.88 Å². The van der Waals surface area contributed by atoms with Gasteiger partial charge in [0.25, 0.3) is 0 Å². The van der Waals surface area contributed by atoms with Crippen molar-refractivity contribution in [3.63, 3.8) is 0 Å². The number of hydrogen-bond donors (Lipinski definition) is 0. The molecule has 0 unspecified atom stereocenters. The fourth-order valence-corrected chi connectivity index (χ4v) is 1.59. The normalized spacial score (nSPS) is 13.6. The highest BCUT2D eigenvalue weighted by Crippen LogP contribution is 2.18. The molecule has 0 aliphatic heterocycles. The Hall–Kier alpha value is -1.91. The van der Waals surface area contributed by atoms with Gasteiger partial charge in [-0.25, -0.2) is 4.98 Å². The summed E-state index contributed by atoms with van der Waals surface area (Å²) in [6.45, 7) is 2.08. The van der Waals surface area contributed by atoms with Crippen molar-refractivity contribution in [3.05, 3.63) is 23.4 Å². The van der Waals surface area contributed by atoms with Crippen LogP contribution in [0.1, 0.15) is 24.3 Å². The molecule has 0 atom stereocenters. The molecule has 17 heavy (non-hydrogen) atoms. The summed E-state index contributed by atoms with van der Waals surface area (Å²) in [4.78, 5) is 28.1. The molecule has 1 aliphatic carbocycles. The van der Waals surface area contributed by atoms with E-state index in [1.807, 2.05) is 0 Å². The van der Waals surface area contributed by atoms with Crippen LogP contribution in [0.5, 0.6) is 0 Å². The highest BCUT2D eigenvalue weighted by atomic mass is 16.4. The van der Waals surface area contributed by atoms with E-state index in [0.29, 0.717) is 24.6 Å². The lowest BCUT2D eigenvalue weighted by Crippen LogP contribution is -2.26. The molecule has 1 aliphatic rings. The van der Waals surface area contributed by atoms with Crippen molar-refractivity contribution in [3.8, 4) is 0 Å². The molecule has 0 saturated carbocycles. The molecule has 1 aromatic heterocycles. The van der Waals surface area contributed by atoms with Gasteiger partial charge >= 0.3 is 0 Å². The molecule has 5 heteroatoms. The van der Waals surface area contributed by atoms with Crippen LogP contribution in [0, 0.1) is 0 Å². The summed E-state index contributed by atoms with van der Waals surface area (Å²) in [5, 5.41) is 0. The predicted octanol–water partition coefficient (Wildman–Crippen LogP) is 0.834. The first-order valence-corrected chi connectivity index (χ1v) is 5.47. The van der Waals surface area contributed by atoms with Crippen molar-refractivity contribution in [1.29, 1.82) is 0 Å². The molecule has 1 aromatic rings. The van der Waals surface area contributed by atoms with Crippen molar-refractivity contribution < 1.29 is 14.0 Å². The van der Waals surface area contributed by atoms with Crippen molar-refractivity contribution in [2.45, 2.75) is 19.8 Å². The quantitative estimate of drug-likeness (QED) is 0.777. The van der Waals surface area contributed by atoms with Crippen LogP contribution in [-0.2, 0) is 22.4 Å². The number of carbonyl (C=O) groups excluding carboxylic acids is 2. The van der Waals surface area contributed by atoms with Crippen molar-refractivity contribution >= 4 is 17.8 Å². The van der Waals surface area contributed by atoms with E-state index in [0.717, 1.165) is 5.69 Å². The Labute approximate surface area is 99.1 Å². The average Bonchev–Trinajstić information content (AvgIpc) is 2.67. The molecule has 90 valence electrons. The summed E-state index contributed by atoms with van der Waals surface area (Å²) in [5.74, 6) is 1.23. The van der Waals surface area contributed by atoms with Crippen LogP contribution in [0.4, 0.5) is 0 Å². The second-order valence-electron chi connectivity index (χ2n) is 4.08. The van der Waals surface area contributed by atoms with Gasteiger partial charge in [-0.1, -0.05) is 0 Å². The Balaban J connectivity index is 2.02. The number of likely N-dealkylation sites (N-methyl/N-ethyl adjacent to an activating group) is 1. The number of aromatic nitrogens is 1. The average molecular weight is 234 g/mol. The molecular formula is C12H14N2O3. The summed E-state index contributed by atoms with van der Waals surface area (Å²) in [7, 11) is 1.73. The molecule has 0 saturated heterocycles. The van der Waals surface area contributed by atoms with Gasteiger partial charge in [-0.3, -0.25) is 9.59 Å². The SMILES string of the molecule is CC(=O)N(C)CCc1nc2c(o1)CC(=O)C=C2. The van der Waals surface area contributed by atoms with Gasteiger partial charge in [-0.15, -0.1) is 0 Å². The highest BCUT2D eigenvalue weighted by Gasteiger charge is 2.17. The van der Waals surface area contributed by atoms with E-state index < -0.39 is 0 Å². The molecular weight excluding hydrogens is 220 g/mol. The smallest absolute Gasteiger partial charge is 0.219 e. The zero-order valence-electron chi connectivity index (χ0n) is 9.90. The summed E-state index contributed by atoms with van der Waals surface area (Å²) in [6, 6.07) is 0. The van der Waals surface area contributed by atoms with E-state index in [9.17, 15) is 9.59 Å². The van der Waals surface area contributed by atoms with Gasteiger partial charge in [0.15, 0.2) is 11.7 Å². The second-order valence-corrected chi connectivity index (χ2v) is 4.08. The molecule has 5 nitrogen and oxygen atoms in total. The largest absolute Gasteiger partial charge is 0.445 e. The number of rotatable bonds is 3. The van der Waals surface area contributed by atoms with Gasteiger partial charge in [-0.05, 0) is 12.2 Å². The van der Waals surface area contributed by atoms with E-state index >= 15 is 0 Å².